The van der Waals surface area contributed by atoms with E-state index in [0.717, 1.165) is 25.2 Å². The van der Waals surface area contributed by atoms with Gasteiger partial charge in [0.1, 0.15) is 5.82 Å². The number of nitrogens with two attached hydrogens (primary N) is 1. The summed E-state index contributed by atoms with van der Waals surface area (Å²) < 4.78 is 0. The molecule has 0 aliphatic carbocycles. The number of carboxylic acid groups (broad SMARTS) is 1. The van der Waals surface area contributed by atoms with Gasteiger partial charge in [0, 0.05) is 19.1 Å². The smallest absolute Gasteiger partial charge is 0.404 e. The van der Waals surface area contributed by atoms with Gasteiger partial charge in [-0.05, 0) is 25.0 Å². The second-order valence-corrected chi connectivity index (χ2v) is 4.18. The van der Waals surface area contributed by atoms with Gasteiger partial charge >= 0.3 is 6.09 Å². The van der Waals surface area contributed by atoms with Gasteiger partial charge in [0.05, 0.1) is 11.9 Å². The van der Waals surface area contributed by atoms with Gasteiger partial charge in [0.15, 0.2) is 0 Å². The number of amides is 1. The van der Waals surface area contributed by atoms with Gasteiger partial charge in [0.25, 0.3) is 0 Å². The largest absolute Gasteiger partial charge is 0.465 e. The second-order valence-electron chi connectivity index (χ2n) is 4.18. The number of nitrogens with zero attached hydrogens (tertiary/aromatic N) is 2. The molecule has 0 radical (unpaired) electrons. The standard InChI is InChI=1S/C11H16N4O2/c12-8-3-4-10(13-6-8)15-5-1-2-9(7-15)14-11(16)17/h3-4,6,9,14H,1-2,5,7,12H2,(H,16,17). The molecule has 1 amide bonds. The van der Waals surface area contributed by atoms with Crippen LogP contribution in [-0.4, -0.2) is 35.3 Å². The molecular weight excluding hydrogens is 220 g/mol. The van der Waals surface area contributed by atoms with Crippen LogP contribution in [0.3, 0.4) is 0 Å². The van der Waals surface area contributed by atoms with Crippen molar-refractivity contribution in [3.8, 4) is 0 Å². The summed E-state index contributed by atoms with van der Waals surface area (Å²) in [6, 6.07) is 3.63. The first-order valence-corrected chi connectivity index (χ1v) is 5.61. The molecule has 6 heteroatoms. The minimum atomic E-state index is -0.970. The van der Waals surface area contributed by atoms with Crippen LogP contribution in [0.15, 0.2) is 18.3 Å². The number of pyridine rings is 1. The van der Waals surface area contributed by atoms with Crippen LogP contribution in [0.2, 0.25) is 0 Å². The Balaban J connectivity index is 2.01. The van der Waals surface area contributed by atoms with Gasteiger partial charge in [-0.1, -0.05) is 0 Å². The molecule has 1 unspecified atom stereocenters. The number of nitrogen functional groups attached to an aromatic ring is 1. The average molecular weight is 236 g/mol. The van der Waals surface area contributed by atoms with Crippen molar-refractivity contribution in [3.63, 3.8) is 0 Å². The van der Waals surface area contributed by atoms with E-state index in [1.165, 1.54) is 0 Å². The first kappa shape index (κ1) is 11.5. The lowest BCUT2D eigenvalue weighted by Gasteiger charge is -2.33. The fraction of sp³-hybridized carbons (Fsp3) is 0.455. The SMILES string of the molecule is Nc1ccc(N2CCCC(NC(=O)O)C2)nc1. The third-order valence-electron chi connectivity index (χ3n) is 2.84. The maximum Gasteiger partial charge on any atom is 0.404 e. The van der Waals surface area contributed by atoms with Crippen LogP contribution in [0.5, 0.6) is 0 Å². The number of piperidine rings is 1. The first-order valence-electron chi connectivity index (χ1n) is 5.61. The van der Waals surface area contributed by atoms with E-state index in [1.54, 1.807) is 12.3 Å². The van der Waals surface area contributed by atoms with Crippen molar-refractivity contribution in [2.45, 2.75) is 18.9 Å². The molecule has 1 atom stereocenters. The van der Waals surface area contributed by atoms with Crippen LogP contribution in [0.25, 0.3) is 0 Å². The van der Waals surface area contributed by atoms with Crippen LogP contribution in [0.4, 0.5) is 16.3 Å². The maximum atomic E-state index is 10.6. The Labute approximate surface area is 99.4 Å². The highest BCUT2D eigenvalue weighted by Crippen LogP contribution is 2.18. The summed E-state index contributed by atoms with van der Waals surface area (Å²) in [5, 5.41) is 11.2. The third-order valence-corrected chi connectivity index (χ3v) is 2.84. The van der Waals surface area contributed by atoms with Crippen molar-refractivity contribution in [1.82, 2.24) is 10.3 Å². The Morgan fingerprint density at radius 2 is 2.41 bits per heavy atom. The normalized spacial score (nSPS) is 20.0. The Morgan fingerprint density at radius 1 is 1.59 bits per heavy atom. The van der Waals surface area contributed by atoms with Crippen molar-refractivity contribution >= 4 is 17.6 Å². The van der Waals surface area contributed by atoms with Crippen molar-refractivity contribution in [3.05, 3.63) is 18.3 Å². The van der Waals surface area contributed by atoms with Crippen LogP contribution in [-0.2, 0) is 0 Å². The van der Waals surface area contributed by atoms with Crippen LogP contribution >= 0.6 is 0 Å². The van der Waals surface area contributed by atoms with Crippen molar-refractivity contribution in [1.29, 1.82) is 0 Å². The molecule has 0 saturated carbocycles. The molecule has 0 aromatic carbocycles. The van der Waals surface area contributed by atoms with E-state index in [-0.39, 0.29) is 6.04 Å². The summed E-state index contributed by atoms with van der Waals surface area (Å²) >= 11 is 0. The predicted molar refractivity (Wildman–Crippen MR) is 65.0 cm³/mol. The summed E-state index contributed by atoms with van der Waals surface area (Å²) in [5.41, 5.74) is 6.21. The van der Waals surface area contributed by atoms with Crippen molar-refractivity contribution in [2.75, 3.05) is 23.7 Å². The van der Waals surface area contributed by atoms with Gasteiger partial charge in [0.2, 0.25) is 0 Å². The van der Waals surface area contributed by atoms with E-state index in [1.807, 2.05) is 6.07 Å². The Hall–Kier alpha value is -1.98. The van der Waals surface area contributed by atoms with Gasteiger partial charge in [-0.2, -0.15) is 0 Å². The molecule has 0 bridgehead atoms. The van der Waals surface area contributed by atoms with E-state index in [0.29, 0.717) is 12.2 Å². The van der Waals surface area contributed by atoms with Crippen molar-refractivity contribution < 1.29 is 9.90 Å². The summed E-state index contributed by atoms with van der Waals surface area (Å²) in [7, 11) is 0. The number of carbonyl (C=O) groups is 1. The van der Waals surface area contributed by atoms with Gasteiger partial charge in [-0.15, -0.1) is 0 Å². The van der Waals surface area contributed by atoms with Crippen LogP contribution in [0, 0.1) is 0 Å². The lowest BCUT2D eigenvalue weighted by molar-refractivity contribution is 0.188. The van der Waals surface area contributed by atoms with Gasteiger partial charge in [-0.3, -0.25) is 0 Å². The molecule has 1 fully saturated rings. The summed E-state index contributed by atoms with van der Waals surface area (Å²) in [6.45, 7) is 1.55. The van der Waals surface area contributed by atoms with E-state index >= 15 is 0 Å². The average Bonchev–Trinajstić information content (AvgIpc) is 2.29. The molecular formula is C11H16N4O2. The Morgan fingerprint density at radius 3 is 3.06 bits per heavy atom. The molecule has 2 heterocycles. The lowest BCUT2D eigenvalue weighted by atomic mass is 10.1. The highest BCUT2D eigenvalue weighted by molar-refractivity contribution is 5.65. The highest BCUT2D eigenvalue weighted by Gasteiger charge is 2.21. The van der Waals surface area contributed by atoms with E-state index in [9.17, 15) is 4.79 Å². The molecule has 1 aromatic rings. The van der Waals surface area contributed by atoms with Gasteiger partial charge < -0.3 is 21.1 Å². The van der Waals surface area contributed by atoms with Gasteiger partial charge in [-0.25, -0.2) is 9.78 Å². The van der Waals surface area contributed by atoms with Crippen molar-refractivity contribution in [2.24, 2.45) is 0 Å². The fourth-order valence-corrected chi connectivity index (χ4v) is 2.06. The molecule has 17 heavy (non-hydrogen) atoms. The molecule has 2 rings (SSSR count). The summed E-state index contributed by atoms with van der Waals surface area (Å²) in [6.07, 6.45) is 2.47. The molecule has 0 spiro atoms. The minimum absolute atomic E-state index is 0.0272. The summed E-state index contributed by atoms with van der Waals surface area (Å²) in [4.78, 5) is 16.9. The van der Waals surface area contributed by atoms with E-state index in [4.69, 9.17) is 10.8 Å². The Kier molecular flexibility index (Phi) is 3.32. The fourth-order valence-electron chi connectivity index (χ4n) is 2.06. The number of rotatable bonds is 2. The maximum absolute atomic E-state index is 10.6. The zero-order valence-corrected chi connectivity index (χ0v) is 9.47. The number of hydrogen-bond acceptors (Lipinski definition) is 4. The first-order chi connectivity index (χ1) is 8.15. The molecule has 1 saturated heterocycles. The monoisotopic (exact) mass is 236 g/mol. The van der Waals surface area contributed by atoms with E-state index < -0.39 is 6.09 Å². The molecule has 92 valence electrons. The second kappa shape index (κ2) is 4.90. The number of hydrogen-bond donors (Lipinski definition) is 3. The molecule has 6 nitrogen and oxygen atoms in total. The number of anilines is 2. The molecule has 1 aromatic heterocycles. The molecule has 1 aliphatic rings. The third kappa shape index (κ3) is 2.99. The molecule has 1 aliphatic heterocycles. The molecule has 4 N–H and O–H groups in total. The summed E-state index contributed by atoms with van der Waals surface area (Å²) in [5.74, 6) is 0.844. The van der Waals surface area contributed by atoms with E-state index in [2.05, 4.69) is 15.2 Å². The zero-order valence-electron chi connectivity index (χ0n) is 9.47. The predicted octanol–water partition coefficient (Wildman–Crippen LogP) is 0.900. The lowest BCUT2D eigenvalue weighted by Crippen LogP contribution is -2.47. The zero-order chi connectivity index (χ0) is 12.3. The van der Waals surface area contributed by atoms with Crippen LogP contribution < -0.4 is 16.0 Å². The number of nitrogens with one attached hydrogen (secondary N) is 1. The quantitative estimate of drug-likeness (QED) is 0.709. The topological polar surface area (TPSA) is 91.5 Å². The highest BCUT2D eigenvalue weighted by atomic mass is 16.4. The Bertz CT molecular complexity index is 393. The minimum Gasteiger partial charge on any atom is -0.465 e. The van der Waals surface area contributed by atoms with Crippen LogP contribution in [0.1, 0.15) is 12.8 Å². The number of aromatic nitrogens is 1.